The molecule has 5 nitrogen and oxygen atoms in total. The summed E-state index contributed by atoms with van der Waals surface area (Å²) in [5, 5.41) is 11.5. The van der Waals surface area contributed by atoms with E-state index in [0.29, 0.717) is 23.6 Å². The second-order valence-corrected chi connectivity index (χ2v) is 4.93. The number of aromatic nitrogens is 1. The maximum absolute atomic E-state index is 11.9. The lowest BCUT2D eigenvalue weighted by Crippen LogP contribution is -2.28. The van der Waals surface area contributed by atoms with Crippen LogP contribution in [0.15, 0.2) is 47.1 Å². The highest BCUT2D eigenvalue weighted by molar-refractivity contribution is 9.10. The van der Waals surface area contributed by atoms with Crippen molar-refractivity contribution in [2.45, 2.75) is 0 Å². The predicted molar refractivity (Wildman–Crippen MR) is 80.9 cm³/mol. The van der Waals surface area contributed by atoms with Crippen LogP contribution in [0.1, 0.15) is 15.9 Å². The summed E-state index contributed by atoms with van der Waals surface area (Å²) in [6, 6.07) is 12.3. The van der Waals surface area contributed by atoms with Crippen LogP contribution in [0.4, 0.5) is 0 Å². The number of amides is 1. The molecule has 0 aliphatic heterocycles. The van der Waals surface area contributed by atoms with Crippen molar-refractivity contribution in [3.63, 3.8) is 0 Å². The Labute approximate surface area is 130 Å². The maximum atomic E-state index is 11.9. The molecule has 6 heteroatoms. The number of pyridine rings is 1. The van der Waals surface area contributed by atoms with Gasteiger partial charge in [0.15, 0.2) is 0 Å². The first-order chi connectivity index (χ1) is 10.2. The third-order valence-electron chi connectivity index (χ3n) is 2.62. The molecule has 0 saturated carbocycles. The molecule has 2 aromatic rings. The molecule has 0 radical (unpaired) electrons. The quantitative estimate of drug-likeness (QED) is 0.845. The molecule has 0 atom stereocenters. The topological polar surface area (TPSA) is 75.0 Å². The highest BCUT2D eigenvalue weighted by Crippen LogP contribution is 2.15. The molecule has 0 fully saturated rings. The van der Waals surface area contributed by atoms with E-state index >= 15 is 0 Å². The summed E-state index contributed by atoms with van der Waals surface area (Å²) in [6.07, 6.45) is 1.51. The van der Waals surface area contributed by atoms with Crippen LogP contribution in [0.25, 0.3) is 0 Å². The number of rotatable bonds is 5. The van der Waals surface area contributed by atoms with Gasteiger partial charge in [-0.3, -0.25) is 4.79 Å². The monoisotopic (exact) mass is 345 g/mol. The number of benzene rings is 1. The van der Waals surface area contributed by atoms with Gasteiger partial charge in [0.1, 0.15) is 6.61 Å². The first-order valence-electron chi connectivity index (χ1n) is 6.22. The van der Waals surface area contributed by atoms with Gasteiger partial charge in [0.2, 0.25) is 5.88 Å². The van der Waals surface area contributed by atoms with Gasteiger partial charge in [0.25, 0.3) is 5.91 Å². The predicted octanol–water partition coefficient (Wildman–Crippen LogP) is 2.52. The SMILES string of the molecule is N#Cc1ccnc(OCCNC(=O)c2ccccc2Br)c1. The molecular weight excluding hydrogens is 334 g/mol. The molecule has 2 rings (SSSR count). The van der Waals surface area contributed by atoms with Crippen LogP contribution in [0.5, 0.6) is 5.88 Å². The van der Waals surface area contributed by atoms with Crippen LogP contribution in [-0.4, -0.2) is 24.0 Å². The van der Waals surface area contributed by atoms with E-state index in [0.717, 1.165) is 4.47 Å². The molecule has 0 unspecified atom stereocenters. The minimum absolute atomic E-state index is 0.176. The van der Waals surface area contributed by atoms with Gasteiger partial charge in [0.05, 0.1) is 23.7 Å². The first-order valence-corrected chi connectivity index (χ1v) is 7.01. The van der Waals surface area contributed by atoms with Crippen molar-refractivity contribution in [2.24, 2.45) is 0 Å². The molecule has 0 saturated heterocycles. The highest BCUT2D eigenvalue weighted by Gasteiger charge is 2.08. The Balaban J connectivity index is 1.81. The molecule has 1 N–H and O–H groups in total. The Morgan fingerprint density at radius 2 is 2.19 bits per heavy atom. The number of carbonyl (C=O) groups is 1. The Kier molecular flexibility index (Phi) is 5.29. The standard InChI is InChI=1S/C15H12BrN3O2/c16-13-4-2-1-3-12(13)15(20)19-7-8-21-14-9-11(10-17)5-6-18-14/h1-6,9H,7-8H2,(H,19,20). The molecule has 106 valence electrons. The first kappa shape index (κ1) is 15.0. The molecule has 1 aromatic heterocycles. The normalized spacial score (nSPS) is 9.71. The lowest BCUT2D eigenvalue weighted by molar-refractivity contribution is 0.0946. The largest absolute Gasteiger partial charge is 0.476 e. The third kappa shape index (κ3) is 4.29. The summed E-state index contributed by atoms with van der Waals surface area (Å²) in [5.41, 5.74) is 1.05. The van der Waals surface area contributed by atoms with Crippen LogP contribution in [0.2, 0.25) is 0 Å². The van der Waals surface area contributed by atoms with E-state index in [9.17, 15) is 4.79 Å². The fourth-order valence-corrected chi connectivity index (χ4v) is 2.08. The van der Waals surface area contributed by atoms with Gasteiger partial charge < -0.3 is 10.1 Å². The van der Waals surface area contributed by atoms with Crippen LogP contribution < -0.4 is 10.1 Å². The van der Waals surface area contributed by atoms with Crippen molar-refractivity contribution in [2.75, 3.05) is 13.2 Å². The lowest BCUT2D eigenvalue weighted by atomic mass is 10.2. The molecular formula is C15H12BrN3O2. The summed E-state index contributed by atoms with van der Waals surface area (Å²) >= 11 is 3.33. The van der Waals surface area contributed by atoms with Gasteiger partial charge in [-0.1, -0.05) is 12.1 Å². The zero-order chi connectivity index (χ0) is 15.1. The van der Waals surface area contributed by atoms with Crippen molar-refractivity contribution < 1.29 is 9.53 Å². The Hall–Kier alpha value is -2.39. The van der Waals surface area contributed by atoms with Gasteiger partial charge in [-0.15, -0.1) is 0 Å². The van der Waals surface area contributed by atoms with E-state index in [1.165, 1.54) is 6.20 Å². The van der Waals surface area contributed by atoms with Crippen LogP contribution in [-0.2, 0) is 0 Å². The van der Waals surface area contributed by atoms with Crippen molar-refractivity contribution in [3.8, 4) is 11.9 Å². The van der Waals surface area contributed by atoms with Gasteiger partial charge in [-0.05, 0) is 34.1 Å². The Morgan fingerprint density at radius 1 is 1.38 bits per heavy atom. The molecule has 1 aromatic carbocycles. The summed E-state index contributed by atoms with van der Waals surface area (Å²) < 4.78 is 6.12. The number of carbonyl (C=O) groups excluding carboxylic acids is 1. The van der Waals surface area contributed by atoms with Crippen LogP contribution >= 0.6 is 15.9 Å². The fourth-order valence-electron chi connectivity index (χ4n) is 1.62. The number of hydrogen-bond acceptors (Lipinski definition) is 4. The number of halogens is 1. The van der Waals surface area contributed by atoms with Gasteiger partial charge in [0, 0.05) is 16.7 Å². The number of nitrogens with zero attached hydrogens (tertiary/aromatic N) is 2. The molecule has 1 amide bonds. The minimum Gasteiger partial charge on any atom is -0.476 e. The average Bonchev–Trinajstić information content (AvgIpc) is 2.52. The number of ether oxygens (including phenoxy) is 1. The summed E-state index contributed by atoms with van der Waals surface area (Å²) in [4.78, 5) is 15.9. The second kappa shape index (κ2) is 7.41. The Morgan fingerprint density at radius 3 is 2.95 bits per heavy atom. The van der Waals surface area contributed by atoms with E-state index in [2.05, 4.69) is 26.2 Å². The van der Waals surface area contributed by atoms with E-state index in [-0.39, 0.29) is 12.5 Å². The average molecular weight is 346 g/mol. The molecule has 1 heterocycles. The molecule has 0 spiro atoms. The summed E-state index contributed by atoms with van der Waals surface area (Å²) in [6.45, 7) is 0.622. The van der Waals surface area contributed by atoms with Gasteiger partial charge in [-0.25, -0.2) is 4.98 Å². The van der Waals surface area contributed by atoms with Crippen molar-refractivity contribution in [1.29, 1.82) is 5.26 Å². The van der Waals surface area contributed by atoms with E-state index in [1.807, 2.05) is 18.2 Å². The van der Waals surface area contributed by atoms with Crippen molar-refractivity contribution in [1.82, 2.24) is 10.3 Å². The number of nitriles is 1. The van der Waals surface area contributed by atoms with E-state index in [4.69, 9.17) is 10.00 Å². The van der Waals surface area contributed by atoms with Crippen LogP contribution in [0.3, 0.4) is 0 Å². The molecule has 0 bridgehead atoms. The molecule has 21 heavy (non-hydrogen) atoms. The van der Waals surface area contributed by atoms with E-state index < -0.39 is 0 Å². The van der Waals surface area contributed by atoms with Gasteiger partial charge in [-0.2, -0.15) is 5.26 Å². The second-order valence-electron chi connectivity index (χ2n) is 4.08. The Bertz CT molecular complexity index is 683. The smallest absolute Gasteiger partial charge is 0.252 e. The molecule has 0 aliphatic rings. The minimum atomic E-state index is -0.176. The third-order valence-corrected chi connectivity index (χ3v) is 3.31. The highest BCUT2D eigenvalue weighted by atomic mass is 79.9. The van der Waals surface area contributed by atoms with E-state index in [1.54, 1.807) is 24.3 Å². The zero-order valence-corrected chi connectivity index (χ0v) is 12.6. The van der Waals surface area contributed by atoms with Gasteiger partial charge >= 0.3 is 0 Å². The molecule has 0 aliphatic carbocycles. The zero-order valence-electron chi connectivity index (χ0n) is 11.0. The number of hydrogen-bond donors (Lipinski definition) is 1. The maximum Gasteiger partial charge on any atom is 0.252 e. The summed E-state index contributed by atoms with van der Waals surface area (Å²) in [7, 11) is 0. The van der Waals surface area contributed by atoms with Crippen molar-refractivity contribution >= 4 is 21.8 Å². The number of nitrogens with one attached hydrogen (secondary N) is 1. The fraction of sp³-hybridized carbons (Fsp3) is 0.133. The summed E-state index contributed by atoms with van der Waals surface area (Å²) in [5.74, 6) is 0.189. The van der Waals surface area contributed by atoms with Crippen LogP contribution in [0, 0.1) is 11.3 Å². The lowest BCUT2D eigenvalue weighted by Gasteiger charge is -2.08. The van der Waals surface area contributed by atoms with Crippen molar-refractivity contribution in [3.05, 3.63) is 58.2 Å².